The van der Waals surface area contributed by atoms with Gasteiger partial charge in [0.15, 0.2) is 11.6 Å². The van der Waals surface area contributed by atoms with Crippen molar-refractivity contribution in [1.82, 2.24) is 25.1 Å². The van der Waals surface area contributed by atoms with Crippen LogP contribution in [-0.2, 0) is 6.18 Å². The van der Waals surface area contributed by atoms with Crippen LogP contribution in [0.15, 0.2) is 67.1 Å². The SMILES string of the molecule is C[C@H](NC(=O)c1cc(Cl)cc(C(F)(F)F)c1)c1ncnn1-c1ccc(C(=O)Nc2ccccc2Cl)cn1. The van der Waals surface area contributed by atoms with Gasteiger partial charge in [0.05, 0.1) is 27.9 Å². The molecule has 0 saturated heterocycles. The van der Waals surface area contributed by atoms with Gasteiger partial charge in [-0.15, -0.1) is 0 Å². The Bertz CT molecular complexity index is 1460. The Labute approximate surface area is 218 Å². The highest BCUT2D eigenvalue weighted by Crippen LogP contribution is 2.32. The minimum atomic E-state index is -4.66. The van der Waals surface area contributed by atoms with Crippen LogP contribution in [-0.4, -0.2) is 31.6 Å². The van der Waals surface area contributed by atoms with E-state index in [-0.39, 0.29) is 22.0 Å². The standard InChI is InChI=1S/C24H17Cl2F3N6O2/c1-13(33-23(37)15-8-16(24(27,28)29)10-17(25)9-15)21-31-12-32-35(21)20-7-6-14(11-30-20)22(36)34-19-5-3-2-4-18(19)26/h2-13H,1H3,(H,33,37)(H,34,36)/t13-/m0/s1. The number of amides is 2. The van der Waals surface area contributed by atoms with Crippen molar-refractivity contribution in [2.24, 2.45) is 0 Å². The second-order valence-electron chi connectivity index (χ2n) is 7.79. The topological polar surface area (TPSA) is 102 Å². The molecule has 4 rings (SSSR count). The van der Waals surface area contributed by atoms with Gasteiger partial charge in [-0.1, -0.05) is 35.3 Å². The number of hydrogen-bond acceptors (Lipinski definition) is 5. The highest BCUT2D eigenvalue weighted by atomic mass is 35.5. The molecule has 2 amide bonds. The van der Waals surface area contributed by atoms with Gasteiger partial charge in [-0.05, 0) is 49.4 Å². The number of carbonyl (C=O) groups is 2. The summed E-state index contributed by atoms with van der Waals surface area (Å²) in [6, 6.07) is 11.6. The molecule has 2 N–H and O–H groups in total. The van der Waals surface area contributed by atoms with Crippen LogP contribution >= 0.6 is 23.2 Å². The van der Waals surface area contributed by atoms with E-state index in [1.165, 1.54) is 29.3 Å². The Morgan fingerprint density at radius 3 is 2.41 bits per heavy atom. The fraction of sp³-hybridized carbons (Fsp3) is 0.125. The first-order chi connectivity index (χ1) is 17.5. The van der Waals surface area contributed by atoms with Crippen LogP contribution in [0.4, 0.5) is 18.9 Å². The van der Waals surface area contributed by atoms with Crippen molar-refractivity contribution in [3.63, 3.8) is 0 Å². The quantitative estimate of drug-likeness (QED) is 0.320. The fourth-order valence-electron chi connectivity index (χ4n) is 3.35. The Kier molecular flexibility index (Phi) is 7.46. The largest absolute Gasteiger partial charge is 0.416 e. The lowest BCUT2D eigenvalue weighted by atomic mass is 10.1. The Hall–Kier alpha value is -3.96. The van der Waals surface area contributed by atoms with Crippen molar-refractivity contribution in [2.75, 3.05) is 5.32 Å². The molecule has 0 bridgehead atoms. The van der Waals surface area contributed by atoms with Crippen LogP contribution in [0, 0.1) is 0 Å². The van der Waals surface area contributed by atoms with Gasteiger partial charge >= 0.3 is 6.18 Å². The summed E-state index contributed by atoms with van der Waals surface area (Å²) in [5.41, 5.74) is -0.592. The lowest BCUT2D eigenvalue weighted by Gasteiger charge is -2.15. The van der Waals surface area contributed by atoms with Crippen molar-refractivity contribution in [3.05, 3.63) is 99.7 Å². The molecule has 8 nitrogen and oxygen atoms in total. The minimum absolute atomic E-state index is 0.223. The first-order valence-corrected chi connectivity index (χ1v) is 11.4. The molecule has 0 saturated carbocycles. The van der Waals surface area contributed by atoms with Gasteiger partial charge in [-0.2, -0.15) is 23.0 Å². The normalized spacial score (nSPS) is 12.2. The predicted octanol–water partition coefficient (Wildman–Crippen LogP) is 5.73. The first kappa shape index (κ1) is 26.1. The summed E-state index contributed by atoms with van der Waals surface area (Å²) in [5.74, 6) is -0.654. The lowest BCUT2D eigenvalue weighted by molar-refractivity contribution is -0.137. The summed E-state index contributed by atoms with van der Waals surface area (Å²) in [7, 11) is 0. The van der Waals surface area contributed by atoms with E-state index in [1.807, 2.05) is 0 Å². The number of nitrogens with zero attached hydrogens (tertiary/aromatic N) is 4. The van der Waals surface area contributed by atoms with Gasteiger partial charge in [0.1, 0.15) is 6.33 Å². The van der Waals surface area contributed by atoms with Crippen molar-refractivity contribution < 1.29 is 22.8 Å². The number of carbonyl (C=O) groups excluding carboxylic acids is 2. The third-order valence-electron chi connectivity index (χ3n) is 5.15. The van der Waals surface area contributed by atoms with E-state index in [9.17, 15) is 22.8 Å². The molecule has 2 heterocycles. The molecule has 4 aromatic rings. The zero-order valence-electron chi connectivity index (χ0n) is 18.9. The number of rotatable bonds is 6. The summed E-state index contributed by atoms with van der Waals surface area (Å²) >= 11 is 11.9. The monoisotopic (exact) mass is 548 g/mol. The molecule has 0 aliphatic carbocycles. The summed E-state index contributed by atoms with van der Waals surface area (Å²) in [6.45, 7) is 1.58. The number of pyridine rings is 1. The van der Waals surface area contributed by atoms with Crippen LogP contribution in [0.25, 0.3) is 5.82 Å². The summed E-state index contributed by atoms with van der Waals surface area (Å²) < 4.78 is 40.6. The van der Waals surface area contributed by atoms with E-state index in [2.05, 4.69) is 25.7 Å². The number of alkyl halides is 3. The van der Waals surface area contributed by atoms with Gasteiger partial charge in [-0.3, -0.25) is 9.59 Å². The Morgan fingerprint density at radius 1 is 0.973 bits per heavy atom. The maximum Gasteiger partial charge on any atom is 0.416 e. The van der Waals surface area contributed by atoms with Crippen LogP contribution < -0.4 is 10.6 Å². The lowest BCUT2D eigenvalue weighted by Crippen LogP contribution is -2.29. The number of benzene rings is 2. The van der Waals surface area contributed by atoms with Crippen molar-refractivity contribution >= 4 is 40.7 Å². The summed E-state index contributed by atoms with van der Waals surface area (Å²) in [5, 5.41) is 9.54. The molecule has 37 heavy (non-hydrogen) atoms. The molecule has 0 fully saturated rings. The second kappa shape index (κ2) is 10.6. The van der Waals surface area contributed by atoms with Crippen LogP contribution in [0.2, 0.25) is 10.0 Å². The molecular weight excluding hydrogens is 532 g/mol. The molecule has 1 atom stereocenters. The predicted molar refractivity (Wildman–Crippen MR) is 131 cm³/mol. The third-order valence-corrected chi connectivity index (χ3v) is 5.69. The van der Waals surface area contributed by atoms with Gasteiger partial charge < -0.3 is 10.6 Å². The average molecular weight is 549 g/mol. The highest BCUT2D eigenvalue weighted by molar-refractivity contribution is 6.34. The second-order valence-corrected chi connectivity index (χ2v) is 8.63. The average Bonchev–Trinajstić information content (AvgIpc) is 3.35. The van der Waals surface area contributed by atoms with Gasteiger partial charge in [-0.25, -0.2) is 9.97 Å². The molecule has 0 unspecified atom stereocenters. The number of nitrogens with one attached hydrogen (secondary N) is 2. The Balaban J connectivity index is 1.49. The van der Waals surface area contributed by atoms with Gasteiger partial charge in [0, 0.05) is 16.8 Å². The minimum Gasteiger partial charge on any atom is -0.342 e. The van der Waals surface area contributed by atoms with E-state index in [0.29, 0.717) is 22.6 Å². The number of hydrogen-bond donors (Lipinski definition) is 2. The number of halogens is 5. The summed E-state index contributed by atoms with van der Waals surface area (Å²) in [4.78, 5) is 33.6. The number of aromatic nitrogens is 4. The van der Waals surface area contributed by atoms with E-state index in [1.54, 1.807) is 31.2 Å². The molecule has 0 radical (unpaired) electrons. The molecule has 0 aliphatic heterocycles. The van der Waals surface area contributed by atoms with Crippen molar-refractivity contribution in [1.29, 1.82) is 0 Å². The number of anilines is 1. The van der Waals surface area contributed by atoms with Crippen molar-refractivity contribution in [2.45, 2.75) is 19.1 Å². The fourth-order valence-corrected chi connectivity index (χ4v) is 3.77. The highest BCUT2D eigenvalue weighted by Gasteiger charge is 2.32. The Morgan fingerprint density at radius 2 is 1.73 bits per heavy atom. The van der Waals surface area contributed by atoms with Gasteiger partial charge in [0.2, 0.25) is 0 Å². The number of para-hydroxylation sites is 1. The van der Waals surface area contributed by atoms with Crippen LogP contribution in [0.5, 0.6) is 0 Å². The molecule has 0 spiro atoms. The van der Waals surface area contributed by atoms with E-state index in [4.69, 9.17) is 23.2 Å². The first-order valence-electron chi connectivity index (χ1n) is 10.6. The molecule has 0 aliphatic rings. The smallest absolute Gasteiger partial charge is 0.342 e. The molecule has 2 aromatic carbocycles. The van der Waals surface area contributed by atoms with Crippen molar-refractivity contribution in [3.8, 4) is 5.82 Å². The van der Waals surface area contributed by atoms with Crippen LogP contribution in [0.1, 0.15) is 45.1 Å². The van der Waals surface area contributed by atoms with E-state index in [0.717, 1.165) is 12.1 Å². The molecule has 2 aromatic heterocycles. The van der Waals surface area contributed by atoms with E-state index < -0.39 is 29.6 Å². The zero-order valence-corrected chi connectivity index (χ0v) is 20.4. The molecule has 13 heteroatoms. The zero-order chi connectivity index (χ0) is 26.7. The molecular formula is C24H17Cl2F3N6O2. The van der Waals surface area contributed by atoms with Gasteiger partial charge in [0.25, 0.3) is 11.8 Å². The maximum absolute atomic E-state index is 13.1. The maximum atomic E-state index is 13.1. The third kappa shape index (κ3) is 6.07. The summed E-state index contributed by atoms with van der Waals surface area (Å²) in [6.07, 6.45) is -2.09. The molecule has 190 valence electrons. The van der Waals surface area contributed by atoms with E-state index >= 15 is 0 Å². The van der Waals surface area contributed by atoms with Crippen LogP contribution in [0.3, 0.4) is 0 Å².